The standard InChI is InChI=1S/C18H34N4OS.HI/c1-7-19-17(21-12-15(23-6)18(3,4)5)20-11-9-8-10-16-22-14(2)13-24-16;/h13,15H,7-12H2,1-6H3,(H2,19,20,21);1H. The Morgan fingerprint density at radius 3 is 2.56 bits per heavy atom. The maximum atomic E-state index is 5.57. The SMILES string of the molecule is CCNC(=NCC(OC)C(C)(C)C)NCCCCc1nc(C)cs1.I. The molecule has 0 aliphatic carbocycles. The molecule has 0 bridgehead atoms. The molecule has 0 fully saturated rings. The molecular weight excluding hydrogens is 447 g/mol. The van der Waals surface area contributed by atoms with Gasteiger partial charge in [-0.25, -0.2) is 4.98 Å². The van der Waals surface area contributed by atoms with Crippen molar-refractivity contribution in [1.82, 2.24) is 15.6 Å². The highest BCUT2D eigenvalue weighted by Gasteiger charge is 2.23. The van der Waals surface area contributed by atoms with Gasteiger partial charge in [0.1, 0.15) is 0 Å². The van der Waals surface area contributed by atoms with Gasteiger partial charge in [0.25, 0.3) is 0 Å². The van der Waals surface area contributed by atoms with E-state index in [1.807, 2.05) is 6.92 Å². The van der Waals surface area contributed by atoms with Crippen LogP contribution in [0, 0.1) is 12.3 Å². The number of aryl methyl sites for hydroxylation is 2. The third-order valence-electron chi connectivity index (χ3n) is 3.79. The second-order valence-corrected chi connectivity index (χ2v) is 8.02. The van der Waals surface area contributed by atoms with Crippen LogP contribution in [0.15, 0.2) is 10.4 Å². The molecule has 0 spiro atoms. The number of nitrogens with zero attached hydrogens (tertiary/aromatic N) is 2. The number of rotatable bonds is 9. The Labute approximate surface area is 174 Å². The van der Waals surface area contributed by atoms with Crippen molar-refractivity contribution < 1.29 is 4.74 Å². The molecule has 1 unspecified atom stereocenters. The molecular formula is C18H35IN4OS. The molecule has 0 radical (unpaired) electrons. The number of hydrogen-bond acceptors (Lipinski definition) is 4. The zero-order valence-corrected chi connectivity index (χ0v) is 19.7. The molecule has 1 aromatic rings. The lowest BCUT2D eigenvalue weighted by molar-refractivity contribution is 0.0241. The lowest BCUT2D eigenvalue weighted by atomic mass is 9.89. The first-order valence-electron chi connectivity index (χ1n) is 8.82. The van der Waals surface area contributed by atoms with E-state index in [1.54, 1.807) is 18.4 Å². The van der Waals surface area contributed by atoms with Gasteiger partial charge in [0.05, 0.1) is 17.7 Å². The van der Waals surface area contributed by atoms with Gasteiger partial charge in [0.15, 0.2) is 5.96 Å². The number of halogens is 1. The lowest BCUT2D eigenvalue weighted by Crippen LogP contribution is -2.39. The number of guanidine groups is 1. The maximum absolute atomic E-state index is 5.57. The fourth-order valence-corrected chi connectivity index (χ4v) is 3.16. The Bertz CT molecular complexity index is 500. The monoisotopic (exact) mass is 482 g/mol. The van der Waals surface area contributed by atoms with Crippen LogP contribution in [-0.2, 0) is 11.2 Å². The molecule has 0 saturated carbocycles. The molecule has 25 heavy (non-hydrogen) atoms. The van der Waals surface area contributed by atoms with Crippen molar-refractivity contribution in [3.63, 3.8) is 0 Å². The van der Waals surface area contributed by atoms with Crippen molar-refractivity contribution >= 4 is 41.3 Å². The van der Waals surface area contributed by atoms with E-state index < -0.39 is 0 Å². The van der Waals surface area contributed by atoms with Gasteiger partial charge < -0.3 is 15.4 Å². The zero-order chi connectivity index (χ0) is 18.0. The summed E-state index contributed by atoms with van der Waals surface area (Å²) in [5, 5.41) is 10.1. The Kier molecular flexibility index (Phi) is 12.7. The zero-order valence-electron chi connectivity index (χ0n) is 16.5. The topological polar surface area (TPSA) is 58.5 Å². The van der Waals surface area contributed by atoms with Crippen molar-refractivity contribution in [3.8, 4) is 0 Å². The van der Waals surface area contributed by atoms with Gasteiger partial charge in [0.2, 0.25) is 0 Å². The third kappa shape index (κ3) is 10.4. The maximum Gasteiger partial charge on any atom is 0.191 e. The fraction of sp³-hybridized carbons (Fsp3) is 0.778. The average Bonchev–Trinajstić information content (AvgIpc) is 2.91. The molecule has 146 valence electrons. The first-order chi connectivity index (χ1) is 11.4. The van der Waals surface area contributed by atoms with Crippen molar-refractivity contribution in [1.29, 1.82) is 0 Å². The van der Waals surface area contributed by atoms with Crippen LogP contribution in [0.4, 0.5) is 0 Å². The number of unbranched alkanes of at least 4 members (excludes halogenated alkanes) is 1. The molecule has 1 heterocycles. The first kappa shape index (κ1) is 24.6. The Hall–Kier alpha value is -0.410. The van der Waals surface area contributed by atoms with Crippen molar-refractivity contribution in [2.24, 2.45) is 10.4 Å². The van der Waals surface area contributed by atoms with Crippen LogP contribution < -0.4 is 10.6 Å². The van der Waals surface area contributed by atoms with E-state index in [1.165, 1.54) is 5.01 Å². The smallest absolute Gasteiger partial charge is 0.191 e. The van der Waals surface area contributed by atoms with Gasteiger partial charge in [0, 0.05) is 31.3 Å². The van der Waals surface area contributed by atoms with E-state index in [4.69, 9.17) is 4.74 Å². The summed E-state index contributed by atoms with van der Waals surface area (Å²) in [6, 6.07) is 0. The fourth-order valence-electron chi connectivity index (χ4n) is 2.34. The number of methoxy groups -OCH3 is 1. The number of thiazole rings is 1. The van der Waals surface area contributed by atoms with Crippen LogP contribution in [0.1, 0.15) is 51.2 Å². The molecule has 2 N–H and O–H groups in total. The van der Waals surface area contributed by atoms with Crippen molar-refractivity contribution in [2.75, 3.05) is 26.7 Å². The summed E-state index contributed by atoms with van der Waals surface area (Å²) in [6.45, 7) is 13.1. The minimum Gasteiger partial charge on any atom is -0.379 e. The Balaban J connectivity index is 0.00000576. The van der Waals surface area contributed by atoms with Gasteiger partial charge in [-0.3, -0.25) is 4.99 Å². The largest absolute Gasteiger partial charge is 0.379 e. The highest BCUT2D eigenvalue weighted by Crippen LogP contribution is 2.21. The van der Waals surface area contributed by atoms with E-state index in [2.05, 4.69) is 53.7 Å². The molecule has 7 heteroatoms. The highest BCUT2D eigenvalue weighted by atomic mass is 127. The summed E-state index contributed by atoms with van der Waals surface area (Å²) in [4.78, 5) is 9.17. The highest BCUT2D eigenvalue weighted by molar-refractivity contribution is 14.0. The molecule has 0 amide bonds. The number of aliphatic imine (C=N–C) groups is 1. The minimum atomic E-state index is 0. The van der Waals surface area contributed by atoms with E-state index in [-0.39, 0.29) is 35.5 Å². The molecule has 0 aromatic carbocycles. The Morgan fingerprint density at radius 2 is 2.04 bits per heavy atom. The molecule has 1 rings (SSSR count). The van der Waals surface area contributed by atoms with Crippen LogP contribution in [-0.4, -0.2) is 43.8 Å². The van der Waals surface area contributed by atoms with Crippen LogP contribution in [0.2, 0.25) is 0 Å². The quantitative estimate of drug-likeness (QED) is 0.242. The summed E-state index contributed by atoms with van der Waals surface area (Å²) < 4.78 is 5.57. The number of nitrogens with one attached hydrogen (secondary N) is 2. The third-order valence-corrected chi connectivity index (χ3v) is 4.81. The van der Waals surface area contributed by atoms with Gasteiger partial charge in [-0.15, -0.1) is 35.3 Å². The number of hydrogen-bond donors (Lipinski definition) is 2. The summed E-state index contributed by atoms with van der Waals surface area (Å²) >= 11 is 1.76. The predicted octanol–water partition coefficient (Wildman–Crippen LogP) is 4.01. The molecule has 1 atom stereocenters. The van der Waals surface area contributed by atoms with E-state index >= 15 is 0 Å². The van der Waals surface area contributed by atoms with Gasteiger partial charge in [-0.2, -0.15) is 0 Å². The first-order valence-corrected chi connectivity index (χ1v) is 9.70. The molecule has 5 nitrogen and oxygen atoms in total. The van der Waals surface area contributed by atoms with Gasteiger partial charge in [-0.1, -0.05) is 20.8 Å². The van der Waals surface area contributed by atoms with Crippen LogP contribution in [0.5, 0.6) is 0 Å². The Morgan fingerprint density at radius 1 is 1.32 bits per heavy atom. The molecule has 0 aliphatic rings. The second kappa shape index (κ2) is 12.9. The molecule has 1 aromatic heterocycles. The summed E-state index contributed by atoms with van der Waals surface area (Å²) in [6.07, 6.45) is 3.42. The number of aromatic nitrogens is 1. The van der Waals surface area contributed by atoms with Gasteiger partial charge >= 0.3 is 0 Å². The summed E-state index contributed by atoms with van der Waals surface area (Å²) in [7, 11) is 1.76. The van der Waals surface area contributed by atoms with E-state index in [0.717, 1.165) is 44.0 Å². The molecule has 0 saturated heterocycles. The average molecular weight is 482 g/mol. The van der Waals surface area contributed by atoms with Crippen molar-refractivity contribution in [2.45, 2.75) is 60.0 Å². The van der Waals surface area contributed by atoms with Crippen molar-refractivity contribution in [3.05, 3.63) is 16.1 Å². The summed E-state index contributed by atoms with van der Waals surface area (Å²) in [5.41, 5.74) is 1.21. The van der Waals surface area contributed by atoms with Crippen LogP contribution in [0.25, 0.3) is 0 Å². The van der Waals surface area contributed by atoms with Crippen LogP contribution in [0.3, 0.4) is 0 Å². The normalized spacial score (nSPS) is 13.3. The predicted molar refractivity (Wildman–Crippen MR) is 119 cm³/mol. The van der Waals surface area contributed by atoms with E-state index in [0.29, 0.717) is 6.54 Å². The van der Waals surface area contributed by atoms with Gasteiger partial charge in [-0.05, 0) is 38.5 Å². The number of ether oxygens (including phenoxy) is 1. The van der Waals surface area contributed by atoms with Crippen LogP contribution >= 0.6 is 35.3 Å². The lowest BCUT2D eigenvalue weighted by Gasteiger charge is -2.28. The minimum absolute atomic E-state index is 0. The summed E-state index contributed by atoms with van der Waals surface area (Å²) in [5.74, 6) is 0.869. The second-order valence-electron chi connectivity index (χ2n) is 7.08. The van der Waals surface area contributed by atoms with E-state index in [9.17, 15) is 0 Å². The molecule has 0 aliphatic heterocycles.